The van der Waals surface area contributed by atoms with Gasteiger partial charge in [0.05, 0.1) is 55.5 Å². The average molecular weight is 528 g/mol. The summed E-state index contributed by atoms with van der Waals surface area (Å²) in [5, 5.41) is 0.790. The van der Waals surface area contributed by atoms with E-state index < -0.39 is 11.6 Å². The Hall–Kier alpha value is -4.99. The third-order valence-electron chi connectivity index (χ3n) is 6.81. The quantitative estimate of drug-likeness (QED) is 0.329. The van der Waals surface area contributed by atoms with Crippen molar-refractivity contribution >= 4 is 22.8 Å². The zero-order valence-electron chi connectivity index (χ0n) is 21.1. The molecule has 0 atom stereocenters. The molecule has 0 bridgehead atoms. The Morgan fingerprint density at radius 1 is 0.949 bits per heavy atom. The van der Waals surface area contributed by atoms with Crippen LogP contribution in [-0.2, 0) is 13.1 Å². The van der Waals surface area contributed by atoms with Crippen LogP contribution in [0.2, 0.25) is 0 Å². The van der Waals surface area contributed by atoms with E-state index in [-0.39, 0.29) is 30.3 Å². The molecule has 0 saturated carbocycles. The molecule has 39 heavy (non-hydrogen) atoms. The molecule has 2 N–H and O–H groups in total. The third kappa shape index (κ3) is 4.10. The molecule has 0 saturated heterocycles. The van der Waals surface area contributed by atoms with Crippen LogP contribution in [0.25, 0.3) is 28.0 Å². The fraction of sp³-hybridized carbons (Fsp3) is 0.138. The number of methoxy groups -OCH3 is 2. The number of aromatic nitrogens is 3. The second-order valence-corrected chi connectivity index (χ2v) is 9.12. The lowest BCUT2D eigenvalue weighted by Gasteiger charge is -2.18. The van der Waals surface area contributed by atoms with Crippen molar-refractivity contribution in [3.63, 3.8) is 0 Å². The van der Waals surface area contributed by atoms with Gasteiger partial charge in [0.25, 0.3) is 5.91 Å². The minimum absolute atomic E-state index is 0.0711. The van der Waals surface area contributed by atoms with Crippen LogP contribution in [0.5, 0.6) is 11.5 Å². The second-order valence-electron chi connectivity index (χ2n) is 9.12. The number of amides is 1. The molecule has 0 fully saturated rings. The summed E-state index contributed by atoms with van der Waals surface area (Å²) in [4.78, 5) is 24.5. The first-order chi connectivity index (χ1) is 18.9. The van der Waals surface area contributed by atoms with E-state index in [0.29, 0.717) is 39.9 Å². The van der Waals surface area contributed by atoms with Crippen molar-refractivity contribution in [2.24, 2.45) is 0 Å². The molecule has 0 spiro atoms. The first-order valence-corrected chi connectivity index (χ1v) is 12.1. The lowest BCUT2D eigenvalue weighted by Crippen LogP contribution is -2.24. The van der Waals surface area contributed by atoms with Crippen molar-refractivity contribution < 1.29 is 23.0 Å². The number of halogens is 2. The number of rotatable bonds is 6. The van der Waals surface area contributed by atoms with Gasteiger partial charge in [0.2, 0.25) is 0 Å². The molecule has 3 aromatic heterocycles. The van der Waals surface area contributed by atoms with Gasteiger partial charge in [0.1, 0.15) is 34.6 Å². The van der Waals surface area contributed by atoms with Crippen molar-refractivity contribution in [1.82, 2.24) is 19.4 Å². The SMILES string of the molecule is COc1ccc(CN2Cc3nc(-c4c(F)cccc4F)cc(-n4ccc5ccc(N)nc54)c3C2=O)c(OC)c1. The van der Waals surface area contributed by atoms with Crippen LogP contribution in [-0.4, -0.2) is 39.6 Å². The van der Waals surface area contributed by atoms with Gasteiger partial charge in [-0.15, -0.1) is 0 Å². The topological polar surface area (TPSA) is 95.5 Å². The number of benzene rings is 2. The third-order valence-corrected chi connectivity index (χ3v) is 6.81. The van der Waals surface area contributed by atoms with Crippen LogP contribution in [0.15, 0.2) is 66.9 Å². The monoisotopic (exact) mass is 527 g/mol. The number of ether oxygens (including phenoxy) is 2. The highest BCUT2D eigenvalue weighted by atomic mass is 19.1. The Balaban J connectivity index is 1.51. The summed E-state index contributed by atoms with van der Waals surface area (Å²) in [6.45, 7) is 0.359. The summed E-state index contributed by atoms with van der Waals surface area (Å²) in [5.74, 6) is -0.297. The molecule has 1 aliphatic heterocycles. The summed E-state index contributed by atoms with van der Waals surface area (Å²) in [5.41, 5.74) is 8.15. The number of pyridine rings is 2. The van der Waals surface area contributed by atoms with E-state index in [9.17, 15) is 13.6 Å². The van der Waals surface area contributed by atoms with Crippen LogP contribution in [0.4, 0.5) is 14.6 Å². The first-order valence-electron chi connectivity index (χ1n) is 12.1. The number of nitrogen functional groups attached to an aromatic ring is 1. The highest BCUT2D eigenvalue weighted by Crippen LogP contribution is 2.36. The lowest BCUT2D eigenvalue weighted by atomic mass is 10.1. The fourth-order valence-corrected chi connectivity index (χ4v) is 4.93. The minimum Gasteiger partial charge on any atom is -0.497 e. The van der Waals surface area contributed by atoms with Gasteiger partial charge in [-0.3, -0.25) is 4.79 Å². The number of carbonyl (C=O) groups is 1. The number of fused-ring (bicyclic) bond motifs is 2. The highest BCUT2D eigenvalue weighted by molar-refractivity contribution is 6.02. The lowest BCUT2D eigenvalue weighted by molar-refractivity contribution is 0.0765. The zero-order valence-corrected chi connectivity index (χ0v) is 21.1. The maximum Gasteiger partial charge on any atom is 0.258 e. The van der Waals surface area contributed by atoms with Crippen LogP contribution in [0.3, 0.4) is 0 Å². The number of nitrogens with zero attached hydrogens (tertiary/aromatic N) is 4. The normalized spacial score (nSPS) is 12.7. The molecule has 10 heteroatoms. The van der Waals surface area contributed by atoms with Crippen LogP contribution in [0, 0.1) is 11.6 Å². The van der Waals surface area contributed by atoms with Crippen molar-refractivity contribution in [1.29, 1.82) is 0 Å². The van der Waals surface area contributed by atoms with Gasteiger partial charge in [0.15, 0.2) is 0 Å². The predicted molar refractivity (Wildman–Crippen MR) is 142 cm³/mol. The zero-order chi connectivity index (χ0) is 27.3. The molecular formula is C29H23F2N5O3. The van der Waals surface area contributed by atoms with Gasteiger partial charge in [-0.1, -0.05) is 6.07 Å². The standard InChI is InChI=1S/C29H23F2N5O3/c1-38-18-8-6-17(24(12-18)39-2)14-35-15-22-27(29(35)37)23(36-11-10-16-7-9-25(32)34-28(16)36)13-21(33-22)26-19(30)4-3-5-20(26)31/h3-13H,14-15H2,1-2H3,(H2,32,34). The molecule has 1 amide bonds. The Kier molecular flexibility index (Phi) is 5.86. The summed E-state index contributed by atoms with van der Waals surface area (Å²) >= 11 is 0. The Morgan fingerprint density at radius 3 is 2.49 bits per heavy atom. The molecule has 1 aliphatic rings. The van der Waals surface area contributed by atoms with E-state index in [1.54, 1.807) is 48.1 Å². The average Bonchev–Trinajstić information content (AvgIpc) is 3.48. The van der Waals surface area contributed by atoms with E-state index >= 15 is 0 Å². The molecular weight excluding hydrogens is 504 g/mol. The predicted octanol–water partition coefficient (Wildman–Crippen LogP) is 5.12. The smallest absolute Gasteiger partial charge is 0.258 e. The minimum atomic E-state index is -0.753. The summed E-state index contributed by atoms with van der Waals surface area (Å²) in [7, 11) is 3.11. The van der Waals surface area contributed by atoms with E-state index in [0.717, 1.165) is 10.9 Å². The van der Waals surface area contributed by atoms with Gasteiger partial charge in [-0.25, -0.2) is 18.7 Å². The van der Waals surface area contributed by atoms with Crippen LogP contribution >= 0.6 is 0 Å². The van der Waals surface area contributed by atoms with Gasteiger partial charge in [-0.2, -0.15) is 0 Å². The molecule has 196 valence electrons. The molecule has 5 aromatic rings. The molecule has 2 aromatic carbocycles. The van der Waals surface area contributed by atoms with Gasteiger partial charge < -0.3 is 24.7 Å². The van der Waals surface area contributed by atoms with E-state index in [2.05, 4.69) is 9.97 Å². The number of anilines is 1. The molecule has 8 nitrogen and oxygen atoms in total. The van der Waals surface area contributed by atoms with E-state index in [4.69, 9.17) is 15.2 Å². The van der Waals surface area contributed by atoms with E-state index in [1.165, 1.54) is 24.3 Å². The largest absolute Gasteiger partial charge is 0.497 e. The number of hydrogen-bond donors (Lipinski definition) is 1. The van der Waals surface area contributed by atoms with E-state index in [1.807, 2.05) is 18.2 Å². The Morgan fingerprint density at radius 2 is 1.74 bits per heavy atom. The first kappa shape index (κ1) is 24.4. The van der Waals surface area contributed by atoms with Gasteiger partial charge >= 0.3 is 0 Å². The summed E-state index contributed by atoms with van der Waals surface area (Å²) in [6.07, 6.45) is 1.75. The molecule has 0 aliphatic carbocycles. The van der Waals surface area contributed by atoms with Gasteiger partial charge in [0, 0.05) is 23.2 Å². The molecule has 4 heterocycles. The maximum atomic E-state index is 14.8. The number of carbonyl (C=O) groups excluding carboxylic acids is 1. The number of hydrogen-bond acceptors (Lipinski definition) is 6. The second kappa shape index (κ2) is 9.39. The van der Waals surface area contributed by atoms with Crippen molar-refractivity contribution in [3.05, 3.63) is 95.3 Å². The Labute approximate surface area is 222 Å². The van der Waals surface area contributed by atoms with Crippen molar-refractivity contribution in [2.75, 3.05) is 20.0 Å². The van der Waals surface area contributed by atoms with Crippen molar-refractivity contribution in [2.45, 2.75) is 13.1 Å². The molecule has 6 rings (SSSR count). The maximum absolute atomic E-state index is 14.8. The number of nitrogens with two attached hydrogens (primary N) is 1. The summed E-state index contributed by atoms with van der Waals surface area (Å²) in [6, 6.07) is 15.8. The van der Waals surface area contributed by atoms with Crippen molar-refractivity contribution in [3.8, 4) is 28.4 Å². The Bertz CT molecular complexity index is 1750. The highest BCUT2D eigenvalue weighted by Gasteiger charge is 2.34. The summed E-state index contributed by atoms with van der Waals surface area (Å²) < 4.78 is 42.2. The van der Waals surface area contributed by atoms with Gasteiger partial charge in [-0.05, 0) is 48.5 Å². The molecule has 0 radical (unpaired) electrons. The molecule has 0 unspecified atom stereocenters. The van der Waals surface area contributed by atoms with Crippen LogP contribution in [0.1, 0.15) is 21.6 Å². The fourth-order valence-electron chi connectivity index (χ4n) is 4.93. The van der Waals surface area contributed by atoms with Crippen LogP contribution < -0.4 is 15.2 Å².